The van der Waals surface area contributed by atoms with Gasteiger partial charge in [0.1, 0.15) is 6.10 Å². The summed E-state index contributed by atoms with van der Waals surface area (Å²) in [7, 11) is 0. The molecule has 1 saturated heterocycles. The van der Waals surface area contributed by atoms with E-state index in [0.717, 1.165) is 25.9 Å². The summed E-state index contributed by atoms with van der Waals surface area (Å²) in [5.74, 6) is -0.380. The lowest BCUT2D eigenvalue weighted by Gasteiger charge is -2.30. The molecule has 3 heteroatoms. The number of hydrogen-bond donors (Lipinski definition) is 0. The molecule has 1 rings (SSSR count). The van der Waals surface area contributed by atoms with Crippen LogP contribution >= 0.6 is 0 Å². The van der Waals surface area contributed by atoms with Crippen LogP contribution in [0.15, 0.2) is 25.3 Å². The standard InChI is InChI=1S/C11H16O3/c1-3-6-9-10(7-5-8-13-9)14-11(12)4-2/h3-4,9-10H,1-2,5-8H2/t9-,10-/m1/s1. The second-order valence-corrected chi connectivity index (χ2v) is 3.26. The van der Waals surface area contributed by atoms with Crippen LogP contribution in [0.2, 0.25) is 0 Å². The number of carbonyl (C=O) groups excluding carboxylic acids is 1. The Bertz CT molecular complexity index is 223. The summed E-state index contributed by atoms with van der Waals surface area (Å²) in [4.78, 5) is 11.0. The molecule has 2 atom stereocenters. The third-order valence-corrected chi connectivity index (χ3v) is 2.21. The molecule has 0 unspecified atom stereocenters. The minimum absolute atomic E-state index is 0.0369. The van der Waals surface area contributed by atoms with Gasteiger partial charge in [-0.2, -0.15) is 0 Å². The van der Waals surface area contributed by atoms with E-state index in [2.05, 4.69) is 13.2 Å². The number of esters is 1. The highest BCUT2D eigenvalue weighted by Crippen LogP contribution is 2.20. The first-order chi connectivity index (χ1) is 6.77. The van der Waals surface area contributed by atoms with Crippen molar-refractivity contribution < 1.29 is 14.3 Å². The van der Waals surface area contributed by atoms with Gasteiger partial charge in [0.25, 0.3) is 0 Å². The van der Waals surface area contributed by atoms with Crippen LogP contribution in [0.4, 0.5) is 0 Å². The fourth-order valence-electron chi connectivity index (χ4n) is 1.53. The van der Waals surface area contributed by atoms with E-state index < -0.39 is 0 Å². The van der Waals surface area contributed by atoms with Crippen molar-refractivity contribution >= 4 is 5.97 Å². The summed E-state index contributed by atoms with van der Waals surface area (Å²) < 4.78 is 10.7. The van der Waals surface area contributed by atoms with Crippen molar-refractivity contribution in [1.82, 2.24) is 0 Å². The molecule has 78 valence electrons. The molecule has 3 nitrogen and oxygen atoms in total. The van der Waals surface area contributed by atoms with Crippen molar-refractivity contribution in [3.63, 3.8) is 0 Å². The van der Waals surface area contributed by atoms with Crippen molar-refractivity contribution in [3.8, 4) is 0 Å². The number of ether oxygens (including phenoxy) is 2. The van der Waals surface area contributed by atoms with Gasteiger partial charge in [-0.1, -0.05) is 12.7 Å². The van der Waals surface area contributed by atoms with Gasteiger partial charge in [-0.15, -0.1) is 6.58 Å². The normalized spacial score (nSPS) is 26.6. The Hall–Kier alpha value is -1.09. The molecule has 0 aromatic rings. The molecule has 0 bridgehead atoms. The molecule has 14 heavy (non-hydrogen) atoms. The highest BCUT2D eigenvalue weighted by atomic mass is 16.6. The SMILES string of the molecule is C=CC[C@H]1OCCC[C@H]1OC(=O)C=C. The minimum Gasteiger partial charge on any atom is -0.456 e. The fraction of sp³-hybridized carbons (Fsp3) is 0.545. The lowest BCUT2D eigenvalue weighted by molar-refractivity contribution is -0.157. The van der Waals surface area contributed by atoms with Crippen molar-refractivity contribution in [3.05, 3.63) is 25.3 Å². The maximum absolute atomic E-state index is 11.0. The van der Waals surface area contributed by atoms with Gasteiger partial charge in [0.15, 0.2) is 0 Å². The molecule has 1 aliphatic rings. The molecule has 1 fully saturated rings. The smallest absolute Gasteiger partial charge is 0.330 e. The zero-order valence-corrected chi connectivity index (χ0v) is 8.28. The molecule has 0 saturated carbocycles. The van der Waals surface area contributed by atoms with Crippen LogP contribution in [-0.4, -0.2) is 24.8 Å². The molecular weight excluding hydrogens is 180 g/mol. The molecule has 0 aliphatic carbocycles. The van der Waals surface area contributed by atoms with Crippen LogP contribution in [0.25, 0.3) is 0 Å². The Morgan fingerprint density at radius 1 is 1.57 bits per heavy atom. The third-order valence-electron chi connectivity index (χ3n) is 2.21. The van der Waals surface area contributed by atoms with Crippen molar-refractivity contribution in [2.75, 3.05) is 6.61 Å². The Kier molecular flexibility index (Phi) is 4.40. The maximum atomic E-state index is 11.0. The molecule has 1 heterocycles. The molecule has 0 spiro atoms. The largest absolute Gasteiger partial charge is 0.456 e. The third kappa shape index (κ3) is 3.00. The summed E-state index contributed by atoms with van der Waals surface area (Å²) in [5, 5.41) is 0. The topological polar surface area (TPSA) is 35.5 Å². The summed E-state index contributed by atoms with van der Waals surface area (Å²) in [6.07, 6.45) is 5.29. The number of hydrogen-bond acceptors (Lipinski definition) is 3. The summed E-state index contributed by atoms with van der Waals surface area (Å²) in [5.41, 5.74) is 0. The molecule has 0 amide bonds. The van der Waals surface area contributed by atoms with Crippen LogP contribution in [0, 0.1) is 0 Å². The molecule has 0 radical (unpaired) electrons. The zero-order chi connectivity index (χ0) is 10.4. The Morgan fingerprint density at radius 3 is 3.00 bits per heavy atom. The van der Waals surface area contributed by atoms with E-state index in [1.165, 1.54) is 6.08 Å². The minimum atomic E-state index is -0.380. The monoisotopic (exact) mass is 196 g/mol. The quantitative estimate of drug-likeness (QED) is 0.391. The summed E-state index contributed by atoms with van der Waals surface area (Å²) in [6, 6.07) is 0. The number of carbonyl (C=O) groups is 1. The summed E-state index contributed by atoms with van der Waals surface area (Å²) >= 11 is 0. The van der Waals surface area contributed by atoms with Gasteiger partial charge in [0.2, 0.25) is 0 Å². The lowest BCUT2D eigenvalue weighted by atomic mass is 10.0. The van der Waals surface area contributed by atoms with Gasteiger partial charge in [-0.3, -0.25) is 0 Å². The summed E-state index contributed by atoms with van der Waals surface area (Å²) in [6.45, 7) is 7.75. The molecule has 0 aromatic carbocycles. The van der Waals surface area contributed by atoms with E-state index in [-0.39, 0.29) is 18.2 Å². The zero-order valence-electron chi connectivity index (χ0n) is 8.28. The van der Waals surface area contributed by atoms with E-state index in [4.69, 9.17) is 9.47 Å². The molecule has 0 N–H and O–H groups in total. The first kappa shape index (κ1) is 11.0. The molecule has 1 aliphatic heterocycles. The van der Waals surface area contributed by atoms with Crippen LogP contribution < -0.4 is 0 Å². The second-order valence-electron chi connectivity index (χ2n) is 3.26. The first-order valence-electron chi connectivity index (χ1n) is 4.83. The van der Waals surface area contributed by atoms with Gasteiger partial charge in [-0.05, 0) is 19.3 Å². The van der Waals surface area contributed by atoms with Gasteiger partial charge in [0, 0.05) is 12.7 Å². The Balaban J connectivity index is 2.48. The van der Waals surface area contributed by atoms with Crippen LogP contribution in [0.5, 0.6) is 0 Å². The second kappa shape index (κ2) is 5.60. The average molecular weight is 196 g/mol. The van der Waals surface area contributed by atoms with Gasteiger partial charge in [-0.25, -0.2) is 4.79 Å². The first-order valence-corrected chi connectivity index (χ1v) is 4.83. The van der Waals surface area contributed by atoms with Crippen molar-refractivity contribution in [2.24, 2.45) is 0 Å². The predicted octanol–water partition coefficient (Wildman–Crippen LogP) is 1.84. The van der Waals surface area contributed by atoms with Crippen molar-refractivity contribution in [1.29, 1.82) is 0 Å². The maximum Gasteiger partial charge on any atom is 0.330 e. The molecular formula is C11H16O3. The fourth-order valence-corrected chi connectivity index (χ4v) is 1.53. The van der Waals surface area contributed by atoms with E-state index >= 15 is 0 Å². The van der Waals surface area contributed by atoms with E-state index in [9.17, 15) is 4.79 Å². The highest BCUT2D eigenvalue weighted by molar-refractivity contribution is 5.81. The van der Waals surface area contributed by atoms with Crippen LogP contribution in [-0.2, 0) is 14.3 Å². The van der Waals surface area contributed by atoms with E-state index in [1.54, 1.807) is 6.08 Å². The number of rotatable bonds is 4. The van der Waals surface area contributed by atoms with Crippen LogP contribution in [0.3, 0.4) is 0 Å². The van der Waals surface area contributed by atoms with E-state index in [1.807, 2.05) is 0 Å². The lowest BCUT2D eigenvalue weighted by Crippen LogP contribution is -2.37. The van der Waals surface area contributed by atoms with Crippen LogP contribution in [0.1, 0.15) is 19.3 Å². The van der Waals surface area contributed by atoms with Gasteiger partial charge >= 0.3 is 5.97 Å². The van der Waals surface area contributed by atoms with E-state index in [0.29, 0.717) is 0 Å². The Morgan fingerprint density at radius 2 is 2.36 bits per heavy atom. The predicted molar refractivity (Wildman–Crippen MR) is 53.9 cm³/mol. The van der Waals surface area contributed by atoms with Gasteiger partial charge in [0.05, 0.1) is 6.10 Å². The van der Waals surface area contributed by atoms with Crippen molar-refractivity contribution in [2.45, 2.75) is 31.5 Å². The molecule has 0 aromatic heterocycles. The average Bonchev–Trinajstić information content (AvgIpc) is 2.21. The highest BCUT2D eigenvalue weighted by Gasteiger charge is 2.27. The van der Waals surface area contributed by atoms with Gasteiger partial charge < -0.3 is 9.47 Å². The Labute approximate surface area is 84.4 Å².